The van der Waals surface area contributed by atoms with Crippen molar-refractivity contribution in [2.75, 3.05) is 11.1 Å². The number of hydrogen-bond donors (Lipinski definition) is 1. The predicted octanol–water partition coefficient (Wildman–Crippen LogP) is 2.25. The first-order valence-corrected chi connectivity index (χ1v) is 9.04. The monoisotopic (exact) mass is 361 g/mol. The normalized spacial score (nSPS) is 10.8. The highest BCUT2D eigenvalue weighted by Gasteiger charge is 2.15. The molecule has 0 bridgehead atoms. The van der Waals surface area contributed by atoms with Crippen LogP contribution in [-0.4, -0.2) is 41.6 Å². The van der Waals surface area contributed by atoms with Crippen molar-refractivity contribution in [3.8, 4) is 11.4 Å². The summed E-state index contributed by atoms with van der Waals surface area (Å²) < 4.78 is 1.97. The number of carbonyl (C=O) groups excluding carboxylic acids is 1. The summed E-state index contributed by atoms with van der Waals surface area (Å²) in [5.41, 5.74) is 0.944. The average Bonchev–Trinajstić information content (AvgIpc) is 3.19. The van der Waals surface area contributed by atoms with Crippen molar-refractivity contribution in [3.05, 3.63) is 29.5 Å². The van der Waals surface area contributed by atoms with Gasteiger partial charge in [-0.2, -0.15) is 0 Å². The Hall–Kier alpha value is -2.33. The van der Waals surface area contributed by atoms with Gasteiger partial charge in [0, 0.05) is 24.5 Å². The summed E-state index contributed by atoms with van der Waals surface area (Å²) in [6, 6.07) is 3.77. The minimum absolute atomic E-state index is 0.146. The van der Waals surface area contributed by atoms with Crippen LogP contribution in [0.4, 0.5) is 5.13 Å². The zero-order chi connectivity index (χ0) is 16.9. The Morgan fingerprint density at radius 3 is 2.71 bits per heavy atom. The first-order valence-electron chi connectivity index (χ1n) is 7.23. The fraction of sp³-hybridized carbons (Fsp3) is 0.286. The Labute approximate surface area is 146 Å². The lowest BCUT2D eigenvalue weighted by Crippen LogP contribution is -2.14. The first-order chi connectivity index (χ1) is 11.7. The van der Waals surface area contributed by atoms with Crippen LogP contribution in [0.2, 0.25) is 0 Å². The predicted molar refractivity (Wildman–Crippen MR) is 92.9 cm³/mol. The van der Waals surface area contributed by atoms with Gasteiger partial charge in [0.15, 0.2) is 11.0 Å². The van der Waals surface area contributed by atoms with Gasteiger partial charge >= 0.3 is 0 Å². The van der Waals surface area contributed by atoms with E-state index in [1.807, 2.05) is 30.5 Å². The highest BCUT2D eigenvalue weighted by atomic mass is 32.2. The number of anilines is 1. The zero-order valence-corrected chi connectivity index (χ0v) is 14.8. The lowest BCUT2D eigenvalue weighted by molar-refractivity contribution is -0.113. The molecule has 3 rings (SSSR count). The number of thioether (sulfide) groups is 1. The van der Waals surface area contributed by atoms with E-state index in [-0.39, 0.29) is 11.7 Å². The van der Waals surface area contributed by atoms with E-state index in [9.17, 15) is 4.79 Å². The van der Waals surface area contributed by atoms with Gasteiger partial charge in [0.1, 0.15) is 5.01 Å². The molecule has 0 aliphatic rings. The summed E-state index contributed by atoms with van der Waals surface area (Å²) in [5.74, 6) is 0.849. The summed E-state index contributed by atoms with van der Waals surface area (Å²) in [7, 11) is 0. The molecule has 1 N–H and O–H groups in total. The Balaban J connectivity index is 1.67. The molecule has 1 amide bonds. The maximum Gasteiger partial charge on any atom is 0.236 e. The molecule has 0 aliphatic carbocycles. The molecule has 24 heavy (non-hydrogen) atoms. The van der Waals surface area contributed by atoms with Gasteiger partial charge in [0.05, 0.1) is 5.75 Å². The van der Waals surface area contributed by atoms with E-state index in [4.69, 9.17) is 0 Å². The molecule has 0 fully saturated rings. The van der Waals surface area contributed by atoms with E-state index in [1.165, 1.54) is 23.1 Å². The smallest absolute Gasteiger partial charge is 0.236 e. The maximum atomic E-state index is 12.0. The molecule has 0 radical (unpaired) electrons. The van der Waals surface area contributed by atoms with E-state index in [0.29, 0.717) is 16.8 Å². The van der Waals surface area contributed by atoms with Crippen molar-refractivity contribution in [2.24, 2.45) is 0 Å². The first kappa shape index (κ1) is 16.5. The number of hydrogen-bond acceptors (Lipinski definition) is 8. The molecule has 0 saturated carbocycles. The van der Waals surface area contributed by atoms with Crippen LogP contribution in [0.25, 0.3) is 11.4 Å². The van der Waals surface area contributed by atoms with Gasteiger partial charge in [-0.05, 0) is 26.0 Å². The molecular formula is C14H15N7OS2. The Bertz CT molecular complexity index is 831. The van der Waals surface area contributed by atoms with Crippen molar-refractivity contribution in [1.29, 1.82) is 0 Å². The van der Waals surface area contributed by atoms with Crippen LogP contribution < -0.4 is 5.32 Å². The van der Waals surface area contributed by atoms with Gasteiger partial charge in [-0.25, -0.2) is 0 Å². The molecular weight excluding hydrogens is 346 g/mol. The summed E-state index contributed by atoms with van der Waals surface area (Å²) >= 11 is 2.68. The quantitative estimate of drug-likeness (QED) is 0.672. The highest BCUT2D eigenvalue weighted by molar-refractivity contribution is 7.99. The zero-order valence-electron chi connectivity index (χ0n) is 13.1. The number of rotatable bonds is 6. The third-order valence-corrected chi connectivity index (χ3v) is 4.80. The second kappa shape index (κ2) is 7.49. The number of nitrogens with one attached hydrogen (secondary N) is 1. The number of amides is 1. The van der Waals surface area contributed by atoms with Gasteiger partial charge < -0.3 is 4.57 Å². The number of nitrogens with zero attached hydrogens (tertiary/aromatic N) is 6. The van der Waals surface area contributed by atoms with Crippen molar-refractivity contribution in [1.82, 2.24) is 29.9 Å². The van der Waals surface area contributed by atoms with Crippen molar-refractivity contribution in [2.45, 2.75) is 25.5 Å². The SMILES string of the molecule is CCn1c(SCC(=O)Nc2nnc(C)s2)nnc1-c1ccncc1. The highest BCUT2D eigenvalue weighted by Crippen LogP contribution is 2.23. The largest absolute Gasteiger partial charge is 0.302 e. The van der Waals surface area contributed by atoms with Crippen LogP contribution in [0, 0.1) is 6.92 Å². The minimum Gasteiger partial charge on any atom is -0.302 e. The Kier molecular flexibility index (Phi) is 5.16. The second-order valence-electron chi connectivity index (χ2n) is 4.75. The average molecular weight is 361 g/mol. The summed E-state index contributed by atoms with van der Waals surface area (Å²) in [5, 5.41) is 20.9. The van der Waals surface area contributed by atoms with Gasteiger partial charge in [0.2, 0.25) is 11.0 Å². The van der Waals surface area contributed by atoms with Gasteiger partial charge in [-0.15, -0.1) is 20.4 Å². The lowest BCUT2D eigenvalue weighted by atomic mass is 10.2. The molecule has 3 heterocycles. The molecule has 0 unspecified atom stereocenters. The molecule has 0 spiro atoms. The fourth-order valence-corrected chi connectivity index (χ4v) is 3.44. The van der Waals surface area contributed by atoms with Crippen molar-refractivity contribution >= 4 is 34.1 Å². The standard InChI is InChI=1S/C14H15N7OS2/c1-3-21-12(10-4-6-15-7-5-10)18-20-14(21)23-8-11(22)16-13-19-17-9(2)24-13/h4-7H,3,8H2,1-2H3,(H,16,19,22). The van der Waals surface area contributed by atoms with Crippen LogP contribution in [0.15, 0.2) is 29.7 Å². The lowest BCUT2D eigenvalue weighted by Gasteiger charge is -2.06. The molecule has 10 heteroatoms. The van der Waals surface area contributed by atoms with E-state index < -0.39 is 0 Å². The molecule has 0 saturated heterocycles. The Morgan fingerprint density at radius 1 is 1.25 bits per heavy atom. The summed E-state index contributed by atoms with van der Waals surface area (Å²) in [4.78, 5) is 16.0. The Morgan fingerprint density at radius 2 is 2.04 bits per heavy atom. The molecule has 8 nitrogen and oxygen atoms in total. The van der Waals surface area contributed by atoms with Crippen LogP contribution in [-0.2, 0) is 11.3 Å². The third kappa shape index (κ3) is 3.77. The van der Waals surface area contributed by atoms with Crippen LogP contribution >= 0.6 is 23.1 Å². The minimum atomic E-state index is -0.146. The third-order valence-electron chi connectivity index (χ3n) is 3.08. The molecule has 0 atom stereocenters. The fourth-order valence-electron chi connectivity index (χ4n) is 2.03. The number of aryl methyl sites for hydroxylation is 1. The molecule has 0 aliphatic heterocycles. The van der Waals surface area contributed by atoms with Gasteiger partial charge in [0.25, 0.3) is 0 Å². The molecule has 3 aromatic heterocycles. The van der Waals surface area contributed by atoms with Gasteiger partial charge in [-0.3, -0.25) is 15.1 Å². The van der Waals surface area contributed by atoms with E-state index in [1.54, 1.807) is 12.4 Å². The van der Waals surface area contributed by atoms with Crippen LogP contribution in [0.1, 0.15) is 11.9 Å². The molecule has 124 valence electrons. The number of aromatic nitrogens is 6. The van der Waals surface area contributed by atoms with Crippen LogP contribution in [0.3, 0.4) is 0 Å². The summed E-state index contributed by atoms with van der Waals surface area (Å²) in [6.07, 6.45) is 3.43. The topological polar surface area (TPSA) is 98.5 Å². The number of pyridine rings is 1. The van der Waals surface area contributed by atoms with E-state index >= 15 is 0 Å². The van der Waals surface area contributed by atoms with Gasteiger partial charge in [-0.1, -0.05) is 23.1 Å². The maximum absolute atomic E-state index is 12.0. The molecule has 3 aromatic rings. The van der Waals surface area contributed by atoms with E-state index in [0.717, 1.165) is 16.4 Å². The van der Waals surface area contributed by atoms with Crippen molar-refractivity contribution < 1.29 is 4.79 Å². The van der Waals surface area contributed by atoms with Crippen molar-refractivity contribution in [3.63, 3.8) is 0 Å². The second-order valence-corrected chi connectivity index (χ2v) is 6.87. The van der Waals surface area contributed by atoms with Crippen LogP contribution in [0.5, 0.6) is 0 Å². The van der Waals surface area contributed by atoms with E-state index in [2.05, 4.69) is 30.7 Å². The number of carbonyl (C=O) groups is 1. The molecule has 0 aromatic carbocycles. The summed E-state index contributed by atoms with van der Waals surface area (Å²) in [6.45, 7) is 4.57.